The molecule has 188 valence electrons. The van der Waals surface area contributed by atoms with Crippen LogP contribution in [0.25, 0.3) is 16.7 Å². The van der Waals surface area contributed by atoms with Crippen molar-refractivity contribution in [3.05, 3.63) is 107 Å². The molecule has 1 aliphatic rings. The maximum absolute atomic E-state index is 14.8. The van der Waals surface area contributed by atoms with Gasteiger partial charge in [0, 0.05) is 5.56 Å². The summed E-state index contributed by atoms with van der Waals surface area (Å²) < 4.78 is 49.6. The van der Waals surface area contributed by atoms with E-state index in [1.165, 1.54) is 6.07 Å². The molecule has 1 atom stereocenters. The fraction of sp³-hybridized carbons (Fsp3) is 0.312. The van der Waals surface area contributed by atoms with E-state index in [0.717, 1.165) is 54.4 Å². The number of allylic oxidation sites excluding steroid dienone is 3. The van der Waals surface area contributed by atoms with E-state index in [4.69, 9.17) is 4.74 Å². The van der Waals surface area contributed by atoms with E-state index in [2.05, 4.69) is 13.5 Å². The van der Waals surface area contributed by atoms with Crippen LogP contribution in [0, 0.1) is 23.4 Å². The van der Waals surface area contributed by atoms with Gasteiger partial charge in [0.15, 0.2) is 23.2 Å². The molecule has 0 radical (unpaired) electrons. The van der Waals surface area contributed by atoms with E-state index in [-0.39, 0.29) is 5.75 Å². The molecule has 1 nitrogen and oxygen atoms in total. The second-order valence-corrected chi connectivity index (χ2v) is 9.63. The molecule has 0 saturated carbocycles. The molecule has 1 aliphatic carbocycles. The maximum atomic E-state index is 14.8. The third kappa shape index (κ3) is 6.29. The normalized spacial score (nSPS) is 15.4. The molecule has 3 aromatic carbocycles. The van der Waals surface area contributed by atoms with E-state index in [0.29, 0.717) is 36.5 Å². The molecule has 3 aromatic rings. The highest BCUT2D eigenvalue weighted by molar-refractivity contribution is 5.67. The summed E-state index contributed by atoms with van der Waals surface area (Å²) in [5.41, 5.74) is 4.34. The van der Waals surface area contributed by atoms with Gasteiger partial charge in [-0.05, 0) is 90.8 Å². The number of rotatable bonds is 10. The van der Waals surface area contributed by atoms with Crippen LogP contribution in [0.2, 0.25) is 0 Å². The topological polar surface area (TPSA) is 9.23 Å². The Morgan fingerprint density at radius 2 is 1.72 bits per heavy atom. The largest absolute Gasteiger partial charge is 0.491 e. The molecule has 0 heterocycles. The first kappa shape index (κ1) is 25.8. The van der Waals surface area contributed by atoms with Crippen LogP contribution >= 0.6 is 0 Å². The van der Waals surface area contributed by atoms with Gasteiger partial charge in [-0.2, -0.15) is 0 Å². The number of hydrogen-bond acceptors (Lipinski definition) is 1. The van der Waals surface area contributed by atoms with Gasteiger partial charge in [0.1, 0.15) is 0 Å². The fourth-order valence-corrected chi connectivity index (χ4v) is 4.59. The Kier molecular flexibility index (Phi) is 8.69. The average molecular weight is 491 g/mol. The standard InChI is InChI=1S/C32H33F3O/c1-3-4-5-20-36-30-19-17-27(21-29(30)33)24-13-8-23(9-14-24)10-15-26-16-18-28(32(35)31(26)34)25-11-6-22(2)7-12-25/h3,8-9,11,13-14,16-19,21-22H,1,4-7,10,12,15,20H2,2H3. The molecule has 1 unspecified atom stereocenters. The summed E-state index contributed by atoms with van der Waals surface area (Å²) in [6.07, 6.45) is 9.18. The number of hydrogen-bond donors (Lipinski definition) is 0. The Bertz CT molecular complexity index is 1230. The zero-order valence-corrected chi connectivity index (χ0v) is 20.8. The summed E-state index contributed by atoms with van der Waals surface area (Å²) in [5.74, 6) is -1.04. The molecule has 0 bridgehead atoms. The van der Waals surface area contributed by atoms with Crippen molar-refractivity contribution in [1.82, 2.24) is 0 Å². The number of halogens is 3. The summed E-state index contributed by atoms with van der Waals surface area (Å²) >= 11 is 0. The highest BCUT2D eigenvalue weighted by Crippen LogP contribution is 2.33. The number of aryl methyl sites for hydroxylation is 2. The minimum atomic E-state index is -0.745. The quantitative estimate of drug-likeness (QED) is 0.203. The number of unbranched alkanes of at least 4 members (excludes halogenated alkanes) is 1. The van der Waals surface area contributed by atoms with Gasteiger partial charge in [-0.15, -0.1) is 6.58 Å². The summed E-state index contributed by atoms with van der Waals surface area (Å²) in [4.78, 5) is 0. The van der Waals surface area contributed by atoms with Crippen molar-refractivity contribution >= 4 is 5.57 Å². The van der Waals surface area contributed by atoms with Crippen LogP contribution in [-0.4, -0.2) is 6.61 Å². The Hall–Kier alpha value is -3.27. The molecule has 4 rings (SSSR count). The molecule has 0 N–H and O–H groups in total. The summed E-state index contributed by atoms with van der Waals surface area (Å²) in [5, 5.41) is 0. The minimum absolute atomic E-state index is 0.244. The lowest BCUT2D eigenvalue weighted by Gasteiger charge is -2.19. The summed E-state index contributed by atoms with van der Waals surface area (Å²) in [6.45, 7) is 6.29. The Labute approximate surface area is 212 Å². The van der Waals surface area contributed by atoms with Gasteiger partial charge in [-0.3, -0.25) is 0 Å². The summed E-state index contributed by atoms with van der Waals surface area (Å²) in [6, 6.07) is 16.1. The summed E-state index contributed by atoms with van der Waals surface area (Å²) in [7, 11) is 0. The molecule has 0 fully saturated rings. The minimum Gasteiger partial charge on any atom is -0.491 e. The molecule has 0 aromatic heterocycles. The average Bonchev–Trinajstić information content (AvgIpc) is 2.89. The van der Waals surface area contributed by atoms with Gasteiger partial charge >= 0.3 is 0 Å². The van der Waals surface area contributed by atoms with Crippen molar-refractivity contribution in [2.24, 2.45) is 5.92 Å². The molecule has 0 spiro atoms. The van der Waals surface area contributed by atoms with E-state index in [9.17, 15) is 13.2 Å². The molecular formula is C32H33F3O. The van der Waals surface area contributed by atoms with Gasteiger partial charge in [0.2, 0.25) is 0 Å². The van der Waals surface area contributed by atoms with Crippen LogP contribution in [-0.2, 0) is 12.8 Å². The first-order valence-electron chi connectivity index (χ1n) is 12.7. The second-order valence-electron chi connectivity index (χ2n) is 9.63. The Morgan fingerprint density at radius 3 is 2.42 bits per heavy atom. The molecule has 36 heavy (non-hydrogen) atoms. The van der Waals surface area contributed by atoms with Crippen LogP contribution in [0.1, 0.15) is 55.7 Å². The highest BCUT2D eigenvalue weighted by atomic mass is 19.2. The van der Waals surface area contributed by atoms with Gasteiger partial charge in [-0.25, -0.2) is 13.2 Å². The Balaban J connectivity index is 1.38. The first-order valence-corrected chi connectivity index (χ1v) is 12.7. The number of benzene rings is 3. The van der Waals surface area contributed by atoms with Crippen LogP contribution in [0.3, 0.4) is 0 Å². The van der Waals surface area contributed by atoms with Gasteiger partial charge in [-0.1, -0.05) is 61.5 Å². The molecular weight excluding hydrogens is 457 g/mol. The van der Waals surface area contributed by atoms with Gasteiger partial charge in [0.25, 0.3) is 0 Å². The Morgan fingerprint density at radius 1 is 0.944 bits per heavy atom. The lowest BCUT2D eigenvalue weighted by atomic mass is 9.87. The predicted molar refractivity (Wildman–Crippen MR) is 142 cm³/mol. The lowest BCUT2D eigenvalue weighted by Crippen LogP contribution is -2.05. The first-order chi connectivity index (χ1) is 17.5. The monoisotopic (exact) mass is 490 g/mol. The smallest absolute Gasteiger partial charge is 0.166 e. The molecule has 4 heteroatoms. The van der Waals surface area contributed by atoms with E-state index in [1.54, 1.807) is 18.2 Å². The van der Waals surface area contributed by atoms with Crippen LogP contribution < -0.4 is 4.74 Å². The SMILES string of the molecule is C=CCCCOc1ccc(-c2ccc(CCc3ccc(C4=CCC(C)CC4)c(F)c3F)cc2)cc1F. The van der Waals surface area contributed by atoms with Crippen molar-refractivity contribution in [3.63, 3.8) is 0 Å². The van der Waals surface area contributed by atoms with Crippen molar-refractivity contribution in [2.75, 3.05) is 6.61 Å². The van der Waals surface area contributed by atoms with E-state index < -0.39 is 17.5 Å². The zero-order valence-electron chi connectivity index (χ0n) is 20.8. The fourth-order valence-electron chi connectivity index (χ4n) is 4.59. The van der Waals surface area contributed by atoms with Crippen molar-refractivity contribution in [2.45, 2.75) is 51.9 Å². The van der Waals surface area contributed by atoms with Crippen LogP contribution in [0.5, 0.6) is 5.75 Å². The molecule has 0 aliphatic heterocycles. The third-order valence-electron chi connectivity index (χ3n) is 6.89. The van der Waals surface area contributed by atoms with E-state index >= 15 is 0 Å². The van der Waals surface area contributed by atoms with Crippen LogP contribution in [0.15, 0.2) is 73.3 Å². The van der Waals surface area contributed by atoms with Gasteiger partial charge < -0.3 is 4.74 Å². The number of ether oxygens (including phenoxy) is 1. The van der Waals surface area contributed by atoms with E-state index in [1.807, 2.05) is 42.5 Å². The van der Waals surface area contributed by atoms with Crippen molar-refractivity contribution in [1.29, 1.82) is 0 Å². The zero-order chi connectivity index (χ0) is 25.5. The molecule has 0 saturated heterocycles. The second kappa shape index (κ2) is 12.1. The van der Waals surface area contributed by atoms with Crippen molar-refractivity contribution in [3.8, 4) is 16.9 Å². The third-order valence-corrected chi connectivity index (χ3v) is 6.89. The van der Waals surface area contributed by atoms with Crippen molar-refractivity contribution < 1.29 is 17.9 Å². The highest BCUT2D eigenvalue weighted by Gasteiger charge is 2.19. The predicted octanol–water partition coefficient (Wildman–Crippen LogP) is 9.10. The van der Waals surface area contributed by atoms with Gasteiger partial charge in [0.05, 0.1) is 6.61 Å². The molecule has 0 amide bonds. The maximum Gasteiger partial charge on any atom is 0.166 e. The lowest BCUT2D eigenvalue weighted by molar-refractivity contribution is 0.297. The van der Waals surface area contributed by atoms with Crippen LogP contribution in [0.4, 0.5) is 13.2 Å².